The average Bonchev–Trinajstić information content (AvgIpc) is 2.35. The summed E-state index contributed by atoms with van der Waals surface area (Å²) in [5, 5.41) is 11.2. The van der Waals surface area contributed by atoms with Crippen LogP contribution in [0.3, 0.4) is 0 Å². The Balaban J connectivity index is 2.56. The maximum Gasteiger partial charge on any atom is 0.308 e. The second-order valence-electron chi connectivity index (χ2n) is 4.14. The number of carbonyl (C=O) groups is 2. The van der Waals surface area contributed by atoms with Gasteiger partial charge in [0, 0.05) is 12.1 Å². The normalized spacial score (nSPS) is 11.9. The van der Waals surface area contributed by atoms with Crippen LogP contribution in [0.2, 0.25) is 0 Å². The first-order valence-electron chi connectivity index (χ1n) is 5.88. The van der Waals surface area contributed by atoms with Crippen LogP contribution in [-0.4, -0.2) is 23.5 Å². The zero-order valence-electron chi connectivity index (χ0n) is 10.5. The Morgan fingerprint density at radius 1 is 1.37 bits per heavy atom. The van der Waals surface area contributed by atoms with Gasteiger partial charge in [0.25, 0.3) is 0 Å². The summed E-state index contributed by atoms with van der Waals surface area (Å²) in [7, 11) is 0. The zero-order chi connectivity index (χ0) is 14.4. The van der Waals surface area contributed by atoms with E-state index in [2.05, 4.69) is 5.32 Å². The summed E-state index contributed by atoms with van der Waals surface area (Å²) in [6, 6.07) is 3.59. The van der Waals surface area contributed by atoms with Crippen LogP contribution in [0.5, 0.6) is 0 Å². The van der Waals surface area contributed by atoms with Gasteiger partial charge in [-0.15, -0.1) is 0 Å². The van der Waals surface area contributed by atoms with Crippen LogP contribution in [-0.2, 0) is 16.0 Å². The average molecular weight is 271 g/mol. The molecule has 0 saturated heterocycles. The van der Waals surface area contributed by atoms with E-state index in [0.717, 1.165) is 6.07 Å². The summed E-state index contributed by atoms with van der Waals surface area (Å²) in [6.07, 6.45) is 0.0591. The fourth-order valence-corrected chi connectivity index (χ4v) is 1.56. The van der Waals surface area contributed by atoms with Gasteiger partial charge >= 0.3 is 5.97 Å². The van der Waals surface area contributed by atoms with Crippen LogP contribution in [0.15, 0.2) is 18.2 Å². The number of rotatable bonds is 6. The van der Waals surface area contributed by atoms with Gasteiger partial charge in [0.15, 0.2) is 11.6 Å². The number of nitrogens with one attached hydrogen (secondary N) is 1. The first-order chi connectivity index (χ1) is 8.95. The quantitative estimate of drug-likeness (QED) is 0.828. The Kier molecular flexibility index (Phi) is 5.41. The largest absolute Gasteiger partial charge is 0.481 e. The van der Waals surface area contributed by atoms with Gasteiger partial charge in [0.2, 0.25) is 5.91 Å². The van der Waals surface area contributed by atoms with Crippen LogP contribution in [0, 0.1) is 17.6 Å². The summed E-state index contributed by atoms with van der Waals surface area (Å²) in [5.74, 6) is -4.28. The number of hydrogen-bond acceptors (Lipinski definition) is 2. The topological polar surface area (TPSA) is 66.4 Å². The number of amides is 1. The highest BCUT2D eigenvalue weighted by Crippen LogP contribution is 2.11. The van der Waals surface area contributed by atoms with Crippen molar-refractivity contribution in [3.8, 4) is 0 Å². The molecule has 6 heteroatoms. The van der Waals surface area contributed by atoms with E-state index in [9.17, 15) is 18.4 Å². The van der Waals surface area contributed by atoms with Crippen molar-refractivity contribution in [1.82, 2.24) is 5.32 Å². The molecule has 0 fully saturated rings. The van der Waals surface area contributed by atoms with Crippen LogP contribution in [0.25, 0.3) is 0 Å². The van der Waals surface area contributed by atoms with Crippen molar-refractivity contribution < 1.29 is 23.5 Å². The molecule has 1 aromatic carbocycles. The van der Waals surface area contributed by atoms with Gasteiger partial charge in [-0.25, -0.2) is 8.78 Å². The highest BCUT2D eigenvalue weighted by Gasteiger charge is 2.17. The predicted molar refractivity (Wildman–Crippen MR) is 64.5 cm³/mol. The van der Waals surface area contributed by atoms with Crippen LogP contribution < -0.4 is 5.32 Å². The Morgan fingerprint density at radius 3 is 2.63 bits per heavy atom. The number of hydrogen-bond donors (Lipinski definition) is 2. The predicted octanol–water partition coefficient (Wildman–Crippen LogP) is 1.73. The highest BCUT2D eigenvalue weighted by atomic mass is 19.2. The van der Waals surface area contributed by atoms with E-state index in [1.165, 1.54) is 12.1 Å². The third-order valence-corrected chi connectivity index (χ3v) is 2.77. The molecule has 19 heavy (non-hydrogen) atoms. The highest BCUT2D eigenvalue weighted by molar-refractivity contribution is 5.79. The molecule has 4 nitrogen and oxygen atoms in total. The zero-order valence-corrected chi connectivity index (χ0v) is 10.5. The Bertz CT molecular complexity index is 477. The van der Waals surface area contributed by atoms with E-state index in [1.54, 1.807) is 6.92 Å². The lowest BCUT2D eigenvalue weighted by atomic mass is 10.1. The third kappa shape index (κ3) is 4.31. The molecular weight excluding hydrogens is 256 g/mol. The van der Waals surface area contributed by atoms with E-state index in [1.807, 2.05) is 0 Å². The summed E-state index contributed by atoms with van der Waals surface area (Å²) in [6.45, 7) is 1.67. The number of carboxylic acid groups (broad SMARTS) is 1. The molecule has 2 N–H and O–H groups in total. The molecule has 1 rings (SSSR count). The van der Waals surface area contributed by atoms with Gasteiger partial charge in [-0.3, -0.25) is 9.59 Å². The van der Waals surface area contributed by atoms with Crippen molar-refractivity contribution in [3.05, 3.63) is 35.4 Å². The molecule has 0 radical (unpaired) electrons. The van der Waals surface area contributed by atoms with Gasteiger partial charge in [-0.2, -0.15) is 0 Å². The molecule has 1 unspecified atom stereocenters. The Labute approximate surface area is 109 Å². The fraction of sp³-hybridized carbons (Fsp3) is 0.385. The van der Waals surface area contributed by atoms with Crippen molar-refractivity contribution in [2.24, 2.45) is 5.92 Å². The standard InChI is InChI=1S/C13H15F2NO3/c1-2-8(13(18)19)7-16-11(17)6-9-4-3-5-10(14)12(9)15/h3-5,8H,2,6-7H2,1H3,(H,16,17)(H,18,19). The molecule has 1 aromatic rings. The molecule has 0 spiro atoms. The maximum absolute atomic E-state index is 13.3. The molecule has 1 atom stereocenters. The molecule has 0 aliphatic rings. The second-order valence-corrected chi connectivity index (χ2v) is 4.14. The van der Waals surface area contributed by atoms with E-state index >= 15 is 0 Å². The number of halogens is 2. The van der Waals surface area contributed by atoms with Gasteiger partial charge < -0.3 is 10.4 Å². The van der Waals surface area contributed by atoms with Crippen molar-refractivity contribution in [2.45, 2.75) is 19.8 Å². The van der Waals surface area contributed by atoms with Crippen molar-refractivity contribution in [1.29, 1.82) is 0 Å². The summed E-state index contributed by atoms with van der Waals surface area (Å²) in [4.78, 5) is 22.3. The summed E-state index contributed by atoms with van der Waals surface area (Å²) >= 11 is 0. The number of carbonyl (C=O) groups excluding carboxylic acids is 1. The van der Waals surface area contributed by atoms with Gasteiger partial charge in [-0.1, -0.05) is 19.1 Å². The smallest absolute Gasteiger partial charge is 0.308 e. The van der Waals surface area contributed by atoms with E-state index in [-0.39, 0.29) is 18.5 Å². The Morgan fingerprint density at radius 2 is 2.05 bits per heavy atom. The van der Waals surface area contributed by atoms with Crippen molar-refractivity contribution >= 4 is 11.9 Å². The van der Waals surface area contributed by atoms with Gasteiger partial charge in [0.1, 0.15) is 0 Å². The monoisotopic (exact) mass is 271 g/mol. The molecule has 0 saturated carbocycles. The molecule has 0 heterocycles. The maximum atomic E-state index is 13.3. The fourth-order valence-electron chi connectivity index (χ4n) is 1.56. The van der Waals surface area contributed by atoms with Crippen molar-refractivity contribution in [3.63, 3.8) is 0 Å². The SMILES string of the molecule is CCC(CNC(=O)Cc1cccc(F)c1F)C(=O)O. The Hall–Kier alpha value is -1.98. The van der Waals surface area contributed by atoms with E-state index in [4.69, 9.17) is 5.11 Å². The van der Waals surface area contributed by atoms with Crippen LogP contribution in [0.4, 0.5) is 8.78 Å². The molecule has 0 aromatic heterocycles. The molecular formula is C13H15F2NO3. The lowest BCUT2D eigenvalue weighted by molar-refractivity contribution is -0.141. The summed E-state index contributed by atoms with van der Waals surface area (Å²) < 4.78 is 26.2. The van der Waals surface area contributed by atoms with E-state index in [0.29, 0.717) is 6.42 Å². The minimum atomic E-state index is -1.05. The molecule has 0 aliphatic heterocycles. The number of carboxylic acids is 1. The molecule has 104 valence electrons. The third-order valence-electron chi connectivity index (χ3n) is 2.77. The first-order valence-corrected chi connectivity index (χ1v) is 5.88. The minimum absolute atomic E-state index is 0.0262. The number of benzene rings is 1. The lowest BCUT2D eigenvalue weighted by Gasteiger charge is -2.11. The van der Waals surface area contributed by atoms with Crippen LogP contribution >= 0.6 is 0 Å². The summed E-state index contributed by atoms with van der Waals surface area (Å²) in [5.41, 5.74) is -0.0547. The van der Waals surface area contributed by atoms with E-state index < -0.39 is 29.4 Å². The second kappa shape index (κ2) is 6.82. The lowest BCUT2D eigenvalue weighted by Crippen LogP contribution is -2.33. The minimum Gasteiger partial charge on any atom is -0.481 e. The molecule has 0 bridgehead atoms. The first kappa shape index (κ1) is 15.1. The molecule has 0 aliphatic carbocycles. The number of aliphatic carboxylic acids is 1. The molecule has 1 amide bonds. The van der Waals surface area contributed by atoms with Gasteiger partial charge in [-0.05, 0) is 12.5 Å². The van der Waals surface area contributed by atoms with Crippen molar-refractivity contribution in [2.75, 3.05) is 6.54 Å². The van der Waals surface area contributed by atoms with Crippen LogP contribution in [0.1, 0.15) is 18.9 Å². The van der Waals surface area contributed by atoms with Gasteiger partial charge in [0.05, 0.1) is 12.3 Å².